The summed E-state index contributed by atoms with van der Waals surface area (Å²) in [6.45, 7) is 1.69. The maximum Gasteiger partial charge on any atom is 0.182 e. The molecule has 102 valence electrons. The van der Waals surface area contributed by atoms with E-state index in [1.54, 1.807) is 13.0 Å². The zero-order valence-corrected chi connectivity index (χ0v) is 10.9. The van der Waals surface area contributed by atoms with Gasteiger partial charge in [-0.05, 0) is 24.4 Å². The van der Waals surface area contributed by atoms with Gasteiger partial charge in [-0.15, -0.1) is 0 Å². The van der Waals surface area contributed by atoms with Crippen molar-refractivity contribution < 1.29 is 19.4 Å². The van der Waals surface area contributed by atoms with Crippen LogP contribution in [0, 0.1) is 6.92 Å². The topological polar surface area (TPSA) is 79.9 Å². The lowest BCUT2D eigenvalue weighted by molar-refractivity contribution is 0.415. The number of phenols is 1. The van der Waals surface area contributed by atoms with Gasteiger partial charge < -0.3 is 19.4 Å². The third-order valence-electron chi connectivity index (χ3n) is 3.20. The normalized spacial score (nSPS) is 11.1. The molecule has 0 unspecified atom stereocenters. The quantitative estimate of drug-likeness (QED) is 0.666. The van der Waals surface area contributed by atoms with E-state index in [9.17, 15) is 15.0 Å². The fraction of sp³-hybridized carbons (Fsp3) is 0.133. The van der Waals surface area contributed by atoms with Crippen LogP contribution in [-0.2, 0) is 0 Å². The van der Waals surface area contributed by atoms with Crippen LogP contribution >= 0.6 is 0 Å². The molecule has 0 saturated heterocycles. The standard InChI is InChI=1S/C15H12O5/c1-7-3-10(17)14-12(20-7)5-8-4-9(16)6-11(19-2)13(8)15(14)18/h3-6,17-18H,1-2H3. The number of phenolic OH excluding ortho intramolecular Hbond substituents is 1. The molecule has 5 heteroatoms. The first-order valence-electron chi connectivity index (χ1n) is 5.98. The van der Waals surface area contributed by atoms with Crippen molar-refractivity contribution in [2.24, 2.45) is 0 Å². The number of methoxy groups -OCH3 is 1. The van der Waals surface area contributed by atoms with Gasteiger partial charge in [-0.1, -0.05) is 0 Å². The van der Waals surface area contributed by atoms with Crippen LogP contribution in [0.15, 0.2) is 33.5 Å². The molecular formula is C15H12O5. The summed E-state index contributed by atoms with van der Waals surface area (Å²) in [7, 11) is 1.41. The molecule has 0 aliphatic heterocycles. The molecule has 0 amide bonds. The molecule has 0 aliphatic carbocycles. The highest BCUT2D eigenvalue weighted by Gasteiger charge is 2.16. The Balaban J connectivity index is 2.61. The first-order valence-corrected chi connectivity index (χ1v) is 5.98. The summed E-state index contributed by atoms with van der Waals surface area (Å²) >= 11 is 0. The first-order chi connectivity index (χ1) is 9.51. The maximum absolute atomic E-state index is 11.6. The first kappa shape index (κ1) is 12.3. The molecule has 2 N–H and O–H groups in total. The summed E-state index contributed by atoms with van der Waals surface area (Å²) in [6, 6.07) is 5.69. The Morgan fingerprint density at radius 2 is 1.85 bits per heavy atom. The largest absolute Gasteiger partial charge is 0.507 e. The van der Waals surface area contributed by atoms with Gasteiger partial charge in [0.2, 0.25) is 0 Å². The Labute approximate surface area is 113 Å². The number of benzene rings is 2. The van der Waals surface area contributed by atoms with Gasteiger partial charge in [0.1, 0.15) is 34.0 Å². The summed E-state index contributed by atoms with van der Waals surface area (Å²) < 4.78 is 10.6. The minimum absolute atomic E-state index is 0.0867. The van der Waals surface area contributed by atoms with Gasteiger partial charge in [-0.3, -0.25) is 4.79 Å². The average Bonchev–Trinajstić information content (AvgIpc) is 2.36. The highest BCUT2D eigenvalue weighted by atomic mass is 16.5. The van der Waals surface area contributed by atoms with E-state index < -0.39 is 0 Å². The predicted octanol–water partition coefficient (Wildman–Crippen LogP) is 2.67. The summed E-state index contributed by atoms with van der Waals surface area (Å²) in [6.07, 6.45) is 0. The molecule has 1 heterocycles. The van der Waals surface area contributed by atoms with Gasteiger partial charge >= 0.3 is 0 Å². The molecule has 3 aromatic rings. The Hall–Kier alpha value is -2.69. The van der Waals surface area contributed by atoms with Gasteiger partial charge in [-0.25, -0.2) is 0 Å². The van der Waals surface area contributed by atoms with Crippen molar-refractivity contribution in [2.45, 2.75) is 6.92 Å². The SMILES string of the molecule is COc1cc(=O)cc2cc3oc(C)cc(O)c3c(O)c12. The highest BCUT2D eigenvalue weighted by molar-refractivity contribution is 6.07. The van der Waals surface area contributed by atoms with E-state index in [-0.39, 0.29) is 28.1 Å². The van der Waals surface area contributed by atoms with E-state index in [4.69, 9.17) is 9.15 Å². The zero-order chi connectivity index (χ0) is 14.4. The van der Waals surface area contributed by atoms with Crippen LogP contribution in [0.4, 0.5) is 0 Å². The van der Waals surface area contributed by atoms with Crippen molar-refractivity contribution in [1.82, 2.24) is 0 Å². The van der Waals surface area contributed by atoms with Gasteiger partial charge in [0.05, 0.1) is 12.5 Å². The molecule has 0 spiro atoms. The van der Waals surface area contributed by atoms with E-state index in [2.05, 4.69) is 0 Å². The van der Waals surface area contributed by atoms with Gasteiger partial charge in [0, 0.05) is 12.1 Å². The Morgan fingerprint density at radius 1 is 1.10 bits per heavy atom. The second-order valence-electron chi connectivity index (χ2n) is 4.56. The molecule has 0 atom stereocenters. The molecule has 20 heavy (non-hydrogen) atoms. The molecule has 0 bridgehead atoms. The number of fused-ring (bicyclic) bond motifs is 2. The van der Waals surface area contributed by atoms with Crippen molar-refractivity contribution in [3.63, 3.8) is 0 Å². The van der Waals surface area contributed by atoms with E-state index in [0.29, 0.717) is 22.1 Å². The molecule has 0 radical (unpaired) electrons. The number of ether oxygens (including phenoxy) is 1. The fourth-order valence-electron chi connectivity index (χ4n) is 2.39. The van der Waals surface area contributed by atoms with Crippen LogP contribution in [0.5, 0.6) is 17.2 Å². The van der Waals surface area contributed by atoms with Crippen LogP contribution in [-0.4, -0.2) is 17.3 Å². The minimum Gasteiger partial charge on any atom is -0.507 e. The third kappa shape index (κ3) is 1.67. The van der Waals surface area contributed by atoms with Crippen molar-refractivity contribution >= 4 is 21.7 Å². The smallest absolute Gasteiger partial charge is 0.182 e. The number of rotatable bonds is 1. The Kier molecular flexibility index (Phi) is 2.57. The van der Waals surface area contributed by atoms with Crippen LogP contribution in [0.2, 0.25) is 0 Å². The molecule has 1 aromatic heterocycles. The molecule has 0 aliphatic rings. The maximum atomic E-state index is 11.6. The number of hydrogen-bond donors (Lipinski definition) is 2. The molecule has 0 fully saturated rings. The van der Waals surface area contributed by atoms with E-state index in [1.165, 1.54) is 25.3 Å². The van der Waals surface area contributed by atoms with Crippen LogP contribution in [0.3, 0.4) is 0 Å². The van der Waals surface area contributed by atoms with Gasteiger partial charge in [0.15, 0.2) is 5.43 Å². The summed E-state index contributed by atoms with van der Waals surface area (Å²) in [5.41, 5.74) is 0.0742. The van der Waals surface area contributed by atoms with Crippen molar-refractivity contribution in [3.05, 3.63) is 40.2 Å². The lowest BCUT2D eigenvalue weighted by Crippen LogP contribution is -1.99. The lowest BCUT2D eigenvalue weighted by Gasteiger charge is -2.10. The summed E-state index contributed by atoms with van der Waals surface area (Å²) in [4.78, 5) is 11.6. The Morgan fingerprint density at radius 3 is 2.55 bits per heavy atom. The highest BCUT2D eigenvalue weighted by Crippen LogP contribution is 2.42. The second kappa shape index (κ2) is 4.16. The number of hydrogen-bond acceptors (Lipinski definition) is 5. The number of aryl methyl sites for hydroxylation is 1. The van der Waals surface area contributed by atoms with Gasteiger partial charge in [-0.2, -0.15) is 0 Å². The third-order valence-corrected chi connectivity index (χ3v) is 3.20. The van der Waals surface area contributed by atoms with Crippen molar-refractivity contribution in [2.75, 3.05) is 7.11 Å². The molecular weight excluding hydrogens is 260 g/mol. The summed E-state index contributed by atoms with van der Waals surface area (Å²) in [5, 5.41) is 21.4. The van der Waals surface area contributed by atoms with Crippen LogP contribution < -0.4 is 10.2 Å². The van der Waals surface area contributed by atoms with E-state index in [0.717, 1.165) is 0 Å². The number of aromatic hydroxyl groups is 2. The lowest BCUT2D eigenvalue weighted by atomic mass is 10.0. The Bertz CT molecular complexity index is 892. The minimum atomic E-state index is -0.232. The van der Waals surface area contributed by atoms with Crippen LogP contribution in [0.25, 0.3) is 21.7 Å². The summed E-state index contributed by atoms with van der Waals surface area (Å²) in [5.74, 6) is 0.498. The average molecular weight is 272 g/mol. The van der Waals surface area contributed by atoms with Crippen molar-refractivity contribution in [3.8, 4) is 17.2 Å². The van der Waals surface area contributed by atoms with Gasteiger partial charge in [0.25, 0.3) is 0 Å². The molecule has 3 rings (SSSR count). The van der Waals surface area contributed by atoms with Crippen LogP contribution in [0.1, 0.15) is 5.76 Å². The van der Waals surface area contributed by atoms with Crippen molar-refractivity contribution in [1.29, 1.82) is 0 Å². The fourth-order valence-corrected chi connectivity index (χ4v) is 2.39. The van der Waals surface area contributed by atoms with E-state index in [1.807, 2.05) is 0 Å². The molecule has 0 saturated carbocycles. The zero-order valence-electron chi connectivity index (χ0n) is 10.9. The monoisotopic (exact) mass is 272 g/mol. The second-order valence-corrected chi connectivity index (χ2v) is 4.56. The predicted molar refractivity (Wildman–Crippen MR) is 74.6 cm³/mol. The molecule has 2 aromatic carbocycles. The molecule has 5 nitrogen and oxygen atoms in total. The van der Waals surface area contributed by atoms with E-state index >= 15 is 0 Å².